The quantitative estimate of drug-likeness (QED) is 0.869. The van der Waals surface area contributed by atoms with Crippen molar-refractivity contribution in [3.63, 3.8) is 0 Å². The van der Waals surface area contributed by atoms with Gasteiger partial charge in [0.25, 0.3) is 0 Å². The van der Waals surface area contributed by atoms with Gasteiger partial charge in [-0.25, -0.2) is 0 Å². The molecule has 3 fully saturated rings. The predicted octanol–water partition coefficient (Wildman–Crippen LogP) is 2.98. The Morgan fingerprint density at radius 2 is 1.40 bits per heavy atom. The first kappa shape index (κ1) is 16.1. The van der Waals surface area contributed by atoms with Gasteiger partial charge in [-0.15, -0.1) is 12.4 Å². The highest BCUT2D eigenvalue weighted by atomic mass is 35.5. The Balaban J connectivity index is 0.00000147. The molecule has 0 aromatic heterocycles. The standard InChI is InChI=1S/C16H28N2O.ClH/c1-12-2-4-14(5-3-12)18(15-6-7-15)16(19)13-8-10-17-11-9-13;/h12-15,17H,2-11H2,1H3;1H. The van der Waals surface area contributed by atoms with E-state index in [0.29, 0.717) is 23.9 Å². The van der Waals surface area contributed by atoms with Crippen LogP contribution in [0.4, 0.5) is 0 Å². The zero-order valence-corrected chi connectivity index (χ0v) is 13.5. The van der Waals surface area contributed by atoms with Crippen molar-refractivity contribution in [1.82, 2.24) is 10.2 Å². The van der Waals surface area contributed by atoms with Crippen LogP contribution in [0.15, 0.2) is 0 Å². The zero-order valence-electron chi connectivity index (χ0n) is 12.6. The maximum atomic E-state index is 12.9. The molecule has 0 spiro atoms. The second-order valence-corrected chi connectivity index (χ2v) is 6.91. The Hall–Kier alpha value is -0.280. The second-order valence-electron chi connectivity index (χ2n) is 6.91. The minimum absolute atomic E-state index is 0. The molecule has 2 aliphatic carbocycles. The lowest BCUT2D eigenvalue weighted by atomic mass is 9.85. The minimum atomic E-state index is 0. The summed E-state index contributed by atoms with van der Waals surface area (Å²) in [7, 11) is 0. The molecule has 20 heavy (non-hydrogen) atoms. The van der Waals surface area contributed by atoms with Gasteiger partial charge in [-0.3, -0.25) is 4.79 Å². The van der Waals surface area contributed by atoms with E-state index in [4.69, 9.17) is 0 Å². The fourth-order valence-corrected chi connectivity index (χ4v) is 3.81. The van der Waals surface area contributed by atoms with Gasteiger partial charge < -0.3 is 10.2 Å². The number of carbonyl (C=O) groups is 1. The van der Waals surface area contributed by atoms with Gasteiger partial charge in [0.15, 0.2) is 0 Å². The number of hydrogen-bond donors (Lipinski definition) is 1. The summed E-state index contributed by atoms with van der Waals surface area (Å²) in [6.07, 6.45) is 9.71. The van der Waals surface area contributed by atoms with Crippen molar-refractivity contribution in [1.29, 1.82) is 0 Å². The molecule has 1 aliphatic heterocycles. The van der Waals surface area contributed by atoms with Gasteiger partial charge in [0, 0.05) is 18.0 Å². The van der Waals surface area contributed by atoms with Crippen LogP contribution < -0.4 is 5.32 Å². The molecule has 0 atom stereocenters. The molecule has 3 nitrogen and oxygen atoms in total. The number of nitrogens with one attached hydrogen (secondary N) is 1. The Morgan fingerprint density at radius 3 is 1.90 bits per heavy atom. The van der Waals surface area contributed by atoms with Crippen molar-refractivity contribution >= 4 is 18.3 Å². The van der Waals surface area contributed by atoms with Gasteiger partial charge in [0.1, 0.15) is 0 Å². The fourth-order valence-electron chi connectivity index (χ4n) is 3.81. The van der Waals surface area contributed by atoms with Gasteiger partial charge in [-0.1, -0.05) is 6.92 Å². The summed E-state index contributed by atoms with van der Waals surface area (Å²) in [4.78, 5) is 15.2. The van der Waals surface area contributed by atoms with Crippen LogP contribution in [0, 0.1) is 11.8 Å². The highest BCUT2D eigenvalue weighted by Crippen LogP contribution is 2.37. The molecule has 2 saturated carbocycles. The number of hydrogen-bond acceptors (Lipinski definition) is 2. The van der Waals surface area contributed by atoms with E-state index in [-0.39, 0.29) is 12.4 Å². The normalized spacial score (nSPS) is 31.4. The number of nitrogens with zero attached hydrogens (tertiary/aromatic N) is 1. The largest absolute Gasteiger partial charge is 0.336 e. The van der Waals surface area contributed by atoms with E-state index in [1.165, 1.54) is 38.5 Å². The molecule has 0 aromatic rings. The first-order valence-electron chi connectivity index (χ1n) is 8.28. The molecule has 1 heterocycles. The summed E-state index contributed by atoms with van der Waals surface area (Å²) in [5.74, 6) is 1.66. The zero-order chi connectivity index (χ0) is 13.2. The van der Waals surface area contributed by atoms with Crippen LogP contribution in [0.5, 0.6) is 0 Å². The molecular weight excluding hydrogens is 272 g/mol. The van der Waals surface area contributed by atoms with Crippen LogP contribution in [0.25, 0.3) is 0 Å². The SMILES string of the molecule is CC1CCC(N(C(=O)C2CCNCC2)C2CC2)CC1.Cl. The van der Waals surface area contributed by atoms with E-state index in [0.717, 1.165) is 31.8 Å². The minimum Gasteiger partial charge on any atom is -0.336 e. The van der Waals surface area contributed by atoms with Gasteiger partial charge in [0.05, 0.1) is 0 Å². The Kier molecular flexibility index (Phi) is 5.74. The number of amides is 1. The van der Waals surface area contributed by atoms with Crippen molar-refractivity contribution in [3.8, 4) is 0 Å². The van der Waals surface area contributed by atoms with Gasteiger partial charge in [-0.05, 0) is 70.4 Å². The summed E-state index contributed by atoms with van der Waals surface area (Å²) < 4.78 is 0. The molecule has 0 aromatic carbocycles. The third-order valence-corrected chi connectivity index (χ3v) is 5.26. The number of halogens is 1. The highest BCUT2D eigenvalue weighted by Gasteiger charge is 2.40. The second kappa shape index (κ2) is 7.13. The topological polar surface area (TPSA) is 32.3 Å². The maximum absolute atomic E-state index is 12.9. The summed E-state index contributed by atoms with van der Waals surface area (Å²) in [5.41, 5.74) is 0. The van der Waals surface area contributed by atoms with Gasteiger partial charge in [0.2, 0.25) is 5.91 Å². The lowest BCUT2D eigenvalue weighted by Gasteiger charge is -2.39. The van der Waals surface area contributed by atoms with E-state index in [9.17, 15) is 4.79 Å². The van der Waals surface area contributed by atoms with Crippen LogP contribution in [0.3, 0.4) is 0 Å². The summed E-state index contributed by atoms with van der Waals surface area (Å²) >= 11 is 0. The highest BCUT2D eigenvalue weighted by molar-refractivity contribution is 5.85. The summed E-state index contributed by atoms with van der Waals surface area (Å²) in [6, 6.07) is 1.16. The van der Waals surface area contributed by atoms with Gasteiger partial charge in [-0.2, -0.15) is 0 Å². The third kappa shape index (κ3) is 3.67. The molecule has 0 radical (unpaired) electrons. The predicted molar refractivity (Wildman–Crippen MR) is 84.1 cm³/mol. The molecule has 4 heteroatoms. The Morgan fingerprint density at radius 1 is 0.900 bits per heavy atom. The molecule has 3 aliphatic rings. The van der Waals surface area contributed by atoms with Crippen molar-refractivity contribution in [2.45, 2.75) is 70.4 Å². The Bertz CT molecular complexity index is 318. The van der Waals surface area contributed by atoms with Crippen LogP contribution >= 0.6 is 12.4 Å². The first-order valence-corrected chi connectivity index (χ1v) is 8.28. The molecule has 1 amide bonds. The molecule has 0 unspecified atom stereocenters. The maximum Gasteiger partial charge on any atom is 0.226 e. The van der Waals surface area contributed by atoms with Crippen molar-refractivity contribution in [2.24, 2.45) is 11.8 Å². The fraction of sp³-hybridized carbons (Fsp3) is 0.938. The van der Waals surface area contributed by atoms with E-state index in [1.54, 1.807) is 0 Å². The van der Waals surface area contributed by atoms with Crippen molar-refractivity contribution in [2.75, 3.05) is 13.1 Å². The van der Waals surface area contributed by atoms with E-state index in [2.05, 4.69) is 17.1 Å². The molecule has 3 rings (SSSR count). The van der Waals surface area contributed by atoms with Crippen molar-refractivity contribution in [3.05, 3.63) is 0 Å². The smallest absolute Gasteiger partial charge is 0.226 e. The molecule has 0 bridgehead atoms. The number of rotatable bonds is 3. The summed E-state index contributed by atoms with van der Waals surface area (Å²) in [6.45, 7) is 4.40. The lowest BCUT2D eigenvalue weighted by molar-refractivity contribution is -0.140. The number of carbonyl (C=O) groups excluding carboxylic acids is 1. The molecule has 1 N–H and O–H groups in total. The van der Waals surface area contributed by atoms with Crippen LogP contribution in [0.1, 0.15) is 58.3 Å². The van der Waals surface area contributed by atoms with E-state index in [1.807, 2.05) is 0 Å². The molecule has 1 saturated heterocycles. The average Bonchev–Trinajstić information content (AvgIpc) is 3.27. The van der Waals surface area contributed by atoms with Crippen LogP contribution in [-0.4, -0.2) is 36.0 Å². The molecule has 116 valence electrons. The monoisotopic (exact) mass is 300 g/mol. The van der Waals surface area contributed by atoms with E-state index < -0.39 is 0 Å². The van der Waals surface area contributed by atoms with Crippen LogP contribution in [0.2, 0.25) is 0 Å². The van der Waals surface area contributed by atoms with E-state index >= 15 is 0 Å². The van der Waals surface area contributed by atoms with Gasteiger partial charge >= 0.3 is 0 Å². The first-order chi connectivity index (χ1) is 9.25. The van der Waals surface area contributed by atoms with Crippen molar-refractivity contribution < 1.29 is 4.79 Å². The Labute approximate surface area is 129 Å². The molecular formula is C16H29ClN2O. The average molecular weight is 301 g/mol. The summed E-state index contributed by atoms with van der Waals surface area (Å²) in [5, 5.41) is 3.37. The number of piperidine rings is 1. The third-order valence-electron chi connectivity index (χ3n) is 5.26. The van der Waals surface area contributed by atoms with Crippen LogP contribution in [-0.2, 0) is 4.79 Å². The lowest BCUT2D eigenvalue weighted by Crippen LogP contribution is -2.48.